The van der Waals surface area contributed by atoms with Crippen LogP contribution in [0.1, 0.15) is 147 Å². The van der Waals surface area contributed by atoms with Crippen LogP contribution >= 0.6 is 0 Å². The van der Waals surface area contributed by atoms with Crippen molar-refractivity contribution in [1.82, 2.24) is 9.97 Å². The fourth-order valence-electron chi connectivity index (χ4n) is 7.68. The van der Waals surface area contributed by atoms with Gasteiger partial charge in [-0.05, 0) is 108 Å². The van der Waals surface area contributed by atoms with Gasteiger partial charge in [0.2, 0.25) is 0 Å². The van der Waals surface area contributed by atoms with Crippen molar-refractivity contribution >= 4 is 0 Å². The highest BCUT2D eigenvalue weighted by Gasteiger charge is 2.05. The molecule has 0 saturated heterocycles. The van der Waals surface area contributed by atoms with Crippen LogP contribution < -0.4 is 0 Å². The first-order valence-corrected chi connectivity index (χ1v) is 23.4. The van der Waals surface area contributed by atoms with Gasteiger partial charge in [0.15, 0.2) is 0 Å². The molecule has 0 aliphatic carbocycles. The Hall–Kier alpha value is -4.82. The second kappa shape index (κ2) is 26.3. The molecule has 2 heteroatoms. The molecule has 6 rings (SSSR count). The minimum Gasteiger partial charge on any atom is -0.261 e. The van der Waals surface area contributed by atoms with Gasteiger partial charge in [-0.25, -0.2) is 0 Å². The third-order valence-corrected chi connectivity index (χ3v) is 11.6. The molecule has 0 bridgehead atoms. The van der Waals surface area contributed by atoms with Crippen LogP contribution in [-0.2, 0) is 25.7 Å². The van der Waals surface area contributed by atoms with E-state index >= 15 is 0 Å². The lowest BCUT2D eigenvalue weighted by atomic mass is 9.99. The molecule has 2 nitrogen and oxygen atoms in total. The molecule has 310 valence electrons. The predicted octanol–water partition coefficient (Wildman–Crippen LogP) is 16.9. The van der Waals surface area contributed by atoms with E-state index in [2.05, 4.69) is 154 Å². The highest BCUT2D eigenvalue weighted by molar-refractivity contribution is 5.71. The molecule has 0 atom stereocenters. The SMILES string of the molecule is CCCCCCCCc1ccc(-c2ccc(-c3ccc(CCCC)cc3)cc2)cn1.CCCCCCCc1ccc(-c2ccc(-c3ccc(CCCC)cc3)cc2)cn1. The van der Waals surface area contributed by atoms with E-state index in [0.29, 0.717) is 0 Å². The molecule has 0 aliphatic heterocycles. The Labute approximate surface area is 359 Å². The Kier molecular flexibility index (Phi) is 20.2. The number of aryl methyl sites for hydroxylation is 4. The molecule has 0 unspecified atom stereocenters. The van der Waals surface area contributed by atoms with Crippen LogP contribution in [0.5, 0.6) is 0 Å². The largest absolute Gasteiger partial charge is 0.261 e. The first-order chi connectivity index (χ1) is 29.1. The average Bonchev–Trinajstić information content (AvgIpc) is 3.30. The van der Waals surface area contributed by atoms with Gasteiger partial charge in [-0.15, -0.1) is 0 Å². The summed E-state index contributed by atoms with van der Waals surface area (Å²) < 4.78 is 0. The lowest BCUT2D eigenvalue weighted by molar-refractivity contribution is 0.605. The van der Waals surface area contributed by atoms with Gasteiger partial charge in [0.05, 0.1) is 0 Å². The van der Waals surface area contributed by atoms with E-state index in [1.54, 1.807) is 0 Å². The van der Waals surface area contributed by atoms with Crippen molar-refractivity contribution in [2.24, 2.45) is 0 Å². The summed E-state index contributed by atoms with van der Waals surface area (Å²) in [4.78, 5) is 9.39. The van der Waals surface area contributed by atoms with E-state index in [9.17, 15) is 0 Å². The summed E-state index contributed by atoms with van der Waals surface area (Å²) in [7, 11) is 0. The predicted molar refractivity (Wildman–Crippen MR) is 257 cm³/mol. The summed E-state index contributed by atoms with van der Waals surface area (Å²) in [6, 6.07) is 44.6. The number of benzene rings is 4. The molecule has 0 N–H and O–H groups in total. The molecule has 0 aliphatic rings. The van der Waals surface area contributed by atoms with Crippen molar-refractivity contribution in [3.63, 3.8) is 0 Å². The average molecular weight is 785 g/mol. The van der Waals surface area contributed by atoms with E-state index in [0.717, 1.165) is 12.8 Å². The molecule has 0 amide bonds. The molecular formula is C57H72N2. The minimum atomic E-state index is 1.09. The number of hydrogen-bond donors (Lipinski definition) is 0. The first-order valence-electron chi connectivity index (χ1n) is 23.4. The summed E-state index contributed by atoms with van der Waals surface area (Å²) in [5.74, 6) is 0. The van der Waals surface area contributed by atoms with Crippen LogP contribution in [0.4, 0.5) is 0 Å². The monoisotopic (exact) mass is 785 g/mol. The van der Waals surface area contributed by atoms with E-state index in [-0.39, 0.29) is 0 Å². The number of rotatable bonds is 23. The van der Waals surface area contributed by atoms with Crippen LogP contribution in [-0.4, -0.2) is 9.97 Å². The number of aromatic nitrogens is 2. The molecule has 0 fully saturated rings. The standard InChI is InChI=1S/C29H37N.C28H35N/c1-3-5-7-8-9-10-12-29-22-21-28(23-30-29)27-19-17-26(18-20-27)25-15-13-24(14-16-25)11-6-4-2;1-3-5-7-8-9-11-28-21-20-27(22-29-28)26-18-16-25(17-19-26)24-14-12-23(13-15-24)10-6-4-2/h13-23H,3-12H2,1-2H3;12-22H,3-11H2,1-2H3. The maximum Gasteiger partial charge on any atom is 0.0404 e. The maximum atomic E-state index is 4.70. The highest BCUT2D eigenvalue weighted by atomic mass is 14.7. The van der Waals surface area contributed by atoms with Crippen LogP contribution in [0.2, 0.25) is 0 Å². The normalized spacial score (nSPS) is 11.0. The fourth-order valence-corrected chi connectivity index (χ4v) is 7.68. The Morgan fingerprint density at radius 2 is 0.525 bits per heavy atom. The lowest BCUT2D eigenvalue weighted by Crippen LogP contribution is -1.91. The molecule has 0 spiro atoms. The van der Waals surface area contributed by atoms with Crippen molar-refractivity contribution in [2.75, 3.05) is 0 Å². The van der Waals surface area contributed by atoms with Gasteiger partial charge < -0.3 is 0 Å². The molecule has 4 aromatic carbocycles. The number of pyridine rings is 2. The van der Waals surface area contributed by atoms with E-state index in [1.807, 2.05) is 12.4 Å². The molecule has 0 radical (unpaired) electrons. The first kappa shape index (κ1) is 45.3. The summed E-state index contributed by atoms with van der Waals surface area (Å²) in [6.45, 7) is 9.02. The molecule has 0 saturated carbocycles. The third-order valence-electron chi connectivity index (χ3n) is 11.6. The quantitative estimate of drug-likeness (QED) is 0.0605. The zero-order valence-corrected chi connectivity index (χ0v) is 37.0. The fraction of sp³-hybridized carbons (Fsp3) is 0.404. The van der Waals surface area contributed by atoms with Crippen LogP contribution in [0.15, 0.2) is 134 Å². The van der Waals surface area contributed by atoms with Gasteiger partial charge in [0, 0.05) is 34.9 Å². The molecule has 2 heterocycles. The summed E-state index contributed by atoms with van der Waals surface area (Å²) in [6.07, 6.45) is 28.2. The Bertz CT molecular complexity index is 1970. The number of hydrogen-bond acceptors (Lipinski definition) is 2. The summed E-state index contributed by atoms with van der Waals surface area (Å²) in [5, 5.41) is 0. The molecule has 6 aromatic rings. The summed E-state index contributed by atoms with van der Waals surface area (Å²) >= 11 is 0. The van der Waals surface area contributed by atoms with Crippen LogP contribution in [0.25, 0.3) is 44.5 Å². The van der Waals surface area contributed by atoms with Gasteiger partial charge >= 0.3 is 0 Å². The number of unbranched alkanes of at least 4 members (excludes halogenated alkanes) is 11. The van der Waals surface area contributed by atoms with Crippen molar-refractivity contribution in [3.8, 4) is 44.5 Å². The Morgan fingerprint density at radius 1 is 0.254 bits per heavy atom. The van der Waals surface area contributed by atoms with Gasteiger partial charge in [0.25, 0.3) is 0 Å². The van der Waals surface area contributed by atoms with Crippen LogP contribution in [0, 0.1) is 0 Å². The van der Waals surface area contributed by atoms with E-state index in [1.165, 1.54) is 176 Å². The van der Waals surface area contributed by atoms with E-state index in [4.69, 9.17) is 4.98 Å². The van der Waals surface area contributed by atoms with Gasteiger partial charge in [0.1, 0.15) is 0 Å². The van der Waals surface area contributed by atoms with Crippen molar-refractivity contribution in [1.29, 1.82) is 0 Å². The summed E-state index contributed by atoms with van der Waals surface area (Å²) in [5.41, 5.74) is 15.3. The maximum absolute atomic E-state index is 4.70. The third kappa shape index (κ3) is 15.7. The zero-order chi connectivity index (χ0) is 41.3. The minimum absolute atomic E-state index is 1.09. The zero-order valence-electron chi connectivity index (χ0n) is 37.0. The Balaban J connectivity index is 0.000000224. The second-order valence-electron chi connectivity index (χ2n) is 16.5. The number of nitrogens with zero attached hydrogens (tertiary/aromatic N) is 2. The smallest absolute Gasteiger partial charge is 0.0404 e. The van der Waals surface area contributed by atoms with Crippen LogP contribution in [0.3, 0.4) is 0 Å². The van der Waals surface area contributed by atoms with Crippen molar-refractivity contribution in [2.45, 2.75) is 150 Å². The second-order valence-corrected chi connectivity index (χ2v) is 16.5. The lowest BCUT2D eigenvalue weighted by Gasteiger charge is -2.07. The van der Waals surface area contributed by atoms with Gasteiger partial charge in [-0.3, -0.25) is 9.97 Å². The van der Waals surface area contributed by atoms with Gasteiger partial charge in [-0.2, -0.15) is 0 Å². The molecule has 59 heavy (non-hydrogen) atoms. The molecular weight excluding hydrogens is 713 g/mol. The van der Waals surface area contributed by atoms with Crippen molar-refractivity contribution < 1.29 is 0 Å². The van der Waals surface area contributed by atoms with E-state index < -0.39 is 0 Å². The van der Waals surface area contributed by atoms with Crippen molar-refractivity contribution in [3.05, 3.63) is 156 Å². The topological polar surface area (TPSA) is 25.8 Å². The Morgan fingerprint density at radius 3 is 0.831 bits per heavy atom. The molecule has 2 aromatic heterocycles. The van der Waals surface area contributed by atoms with Gasteiger partial charge in [-0.1, -0.05) is 208 Å². The highest BCUT2D eigenvalue weighted by Crippen LogP contribution is 2.27.